The molecule has 7 heteroatoms. The van der Waals surface area contributed by atoms with Crippen molar-refractivity contribution in [3.63, 3.8) is 0 Å². The molecule has 0 unspecified atom stereocenters. The van der Waals surface area contributed by atoms with Crippen LogP contribution in [0.5, 0.6) is 0 Å². The average Bonchev–Trinajstić information content (AvgIpc) is 3.16. The quantitative estimate of drug-likeness (QED) is 0.433. The van der Waals surface area contributed by atoms with E-state index in [1.807, 2.05) is 43.3 Å². The number of amides is 1. The molecule has 0 saturated carbocycles. The highest BCUT2D eigenvalue weighted by Crippen LogP contribution is 2.28. The molecular weight excluding hydrogens is 330 g/mol. The fourth-order valence-electron chi connectivity index (χ4n) is 1.90. The minimum absolute atomic E-state index is 0.170. The summed E-state index contributed by atoms with van der Waals surface area (Å²) in [5.41, 5.74) is 4.14. The van der Waals surface area contributed by atoms with E-state index in [1.54, 1.807) is 18.3 Å². The van der Waals surface area contributed by atoms with E-state index in [-0.39, 0.29) is 11.7 Å². The number of carbonyl (C=O) groups is 1. The second kappa shape index (κ2) is 6.97. The fourth-order valence-corrected chi connectivity index (χ4v) is 3.76. The number of para-hydroxylation sites is 1. The molecule has 5 nitrogen and oxygen atoms in total. The molecule has 0 saturated heterocycles. The van der Waals surface area contributed by atoms with Gasteiger partial charge in [0, 0.05) is 0 Å². The maximum absolute atomic E-state index is 11.9. The highest BCUT2D eigenvalue weighted by Gasteiger charge is 2.08. The second-order valence-corrected chi connectivity index (χ2v) is 7.13. The number of thioether (sulfide) groups is 1. The maximum Gasteiger partial charge on any atom is 0.250 e. The number of nitrogens with one attached hydrogen (secondary N) is 1. The Kier molecular flexibility index (Phi) is 4.78. The zero-order valence-corrected chi connectivity index (χ0v) is 14.3. The van der Waals surface area contributed by atoms with Gasteiger partial charge in [0.2, 0.25) is 0 Å². The molecule has 0 atom stereocenters. The smallest absolute Gasteiger partial charge is 0.250 e. The number of hydrazone groups is 1. The molecule has 1 amide bonds. The van der Waals surface area contributed by atoms with E-state index in [2.05, 4.69) is 15.5 Å². The van der Waals surface area contributed by atoms with E-state index < -0.39 is 0 Å². The van der Waals surface area contributed by atoms with Crippen LogP contribution in [0.3, 0.4) is 0 Å². The van der Waals surface area contributed by atoms with Gasteiger partial charge in [-0.3, -0.25) is 4.79 Å². The summed E-state index contributed by atoms with van der Waals surface area (Å²) in [7, 11) is 0. The first-order valence-electron chi connectivity index (χ1n) is 7.00. The first-order valence-corrected chi connectivity index (χ1v) is 8.80. The Hall–Kier alpha value is -2.12. The number of benzene rings is 1. The van der Waals surface area contributed by atoms with Crippen molar-refractivity contribution >= 4 is 44.9 Å². The number of hydrogen-bond donors (Lipinski definition) is 1. The topological polar surface area (TPSA) is 67.5 Å². The SMILES string of the molecule is C/C(=N\NC(=O)CSc1nc2ccccc2s1)c1ccc(C)o1. The predicted octanol–water partition coefficient (Wildman–Crippen LogP) is 3.83. The minimum Gasteiger partial charge on any atom is -0.460 e. The summed E-state index contributed by atoms with van der Waals surface area (Å²) < 4.78 is 7.45. The Morgan fingerprint density at radius 2 is 2.17 bits per heavy atom. The highest BCUT2D eigenvalue weighted by atomic mass is 32.2. The molecule has 3 rings (SSSR count). The van der Waals surface area contributed by atoms with E-state index in [1.165, 1.54) is 11.8 Å². The highest BCUT2D eigenvalue weighted by molar-refractivity contribution is 8.01. The van der Waals surface area contributed by atoms with Crippen molar-refractivity contribution in [1.29, 1.82) is 0 Å². The maximum atomic E-state index is 11.9. The number of furan rings is 1. The molecule has 1 N–H and O–H groups in total. The number of carbonyl (C=O) groups excluding carboxylic acids is 1. The van der Waals surface area contributed by atoms with Gasteiger partial charge < -0.3 is 4.42 Å². The van der Waals surface area contributed by atoms with Crippen LogP contribution in [0.25, 0.3) is 10.2 Å². The number of aryl methyl sites for hydroxylation is 1. The molecule has 0 aliphatic rings. The van der Waals surface area contributed by atoms with Crippen molar-refractivity contribution in [3.8, 4) is 0 Å². The summed E-state index contributed by atoms with van der Waals surface area (Å²) in [5, 5.41) is 4.06. The first kappa shape index (κ1) is 15.8. The summed E-state index contributed by atoms with van der Waals surface area (Å²) in [6.45, 7) is 3.66. The summed E-state index contributed by atoms with van der Waals surface area (Å²) in [4.78, 5) is 16.4. The van der Waals surface area contributed by atoms with Gasteiger partial charge in [-0.25, -0.2) is 10.4 Å². The monoisotopic (exact) mass is 345 g/mol. The van der Waals surface area contributed by atoms with E-state index in [0.717, 1.165) is 20.3 Å². The van der Waals surface area contributed by atoms with Gasteiger partial charge in [-0.15, -0.1) is 11.3 Å². The molecule has 0 spiro atoms. The van der Waals surface area contributed by atoms with Crippen LogP contribution >= 0.6 is 23.1 Å². The lowest BCUT2D eigenvalue weighted by molar-refractivity contribution is -0.118. The number of fused-ring (bicyclic) bond motifs is 1. The average molecular weight is 345 g/mol. The Bertz CT molecular complexity index is 834. The van der Waals surface area contributed by atoms with E-state index in [0.29, 0.717) is 11.5 Å². The molecule has 0 aliphatic carbocycles. The molecule has 1 aromatic carbocycles. The second-order valence-electron chi connectivity index (χ2n) is 4.88. The normalized spacial score (nSPS) is 11.8. The van der Waals surface area contributed by atoms with Crippen LogP contribution in [0.15, 0.2) is 50.3 Å². The third kappa shape index (κ3) is 4.00. The molecule has 2 heterocycles. The van der Waals surface area contributed by atoms with Crippen molar-refractivity contribution in [2.45, 2.75) is 18.2 Å². The van der Waals surface area contributed by atoms with Gasteiger partial charge in [-0.2, -0.15) is 5.10 Å². The van der Waals surface area contributed by atoms with E-state index in [9.17, 15) is 4.79 Å². The van der Waals surface area contributed by atoms with Crippen molar-refractivity contribution in [2.75, 3.05) is 5.75 Å². The summed E-state index contributed by atoms with van der Waals surface area (Å²) in [6.07, 6.45) is 0. The molecule has 3 aromatic rings. The lowest BCUT2D eigenvalue weighted by atomic mass is 10.3. The largest absolute Gasteiger partial charge is 0.460 e. The van der Waals surface area contributed by atoms with Gasteiger partial charge >= 0.3 is 0 Å². The minimum atomic E-state index is -0.170. The van der Waals surface area contributed by atoms with Crippen LogP contribution in [-0.2, 0) is 4.79 Å². The van der Waals surface area contributed by atoms with Crippen molar-refractivity contribution in [1.82, 2.24) is 10.4 Å². The Labute approximate surface area is 141 Å². The molecule has 23 heavy (non-hydrogen) atoms. The van der Waals surface area contributed by atoms with Gasteiger partial charge in [0.05, 0.1) is 16.0 Å². The van der Waals surface area contributed by atoms with Crippen molar-refractivity contribution in [2.24, 2.45) is 5.10 Å². The number of thiazole rings is 1. The number of hydrogen-bond acceptors (Lipinski definition) is 6. The van der Waals surface area contributed by atoms with Crippen LogP contribution < -0.4 is 5.43 Å². The lowest BCUT2D eigenvalue weighted by Gasteiger charge is -1.99. The van der Waals surface area contributed by atoms with Crippen LogP contribution in [0.1, 0.15) is 18.4 Å². The first-order chi connectivity index (χ1) is 11.1. The molecule has 0 fully saturated rings. The predicted molar refractivity (Wildman–Crippen MR) is 94.1 cm³/mol. The van der Waals surface area contributed by atoms with E-state index in [4.69, 9.17) is 4.42 Å². The third-order valence-corrected chi connectivity index (χ3v) is 5.23. The van der Waals surface area contributed by atoms with Gasteiger partial charge in [-0.1, -0.05) is 23.9 Å². The zero-order valence-electron chi connectivity index (χ0n) is 12.7. The molecule has 2 aromatic heterocycles. The van der Waals surface area contributed by atoms with Gasteiger partial charge in [0.25, 0.3) is 5.91 Å². The number of nitrogens with zero attached hydrogens (tertiary/aromatic N) is 2. The molecule has 0 radical (unpaired) electrons. The summed E-state index contributed by atoms with van der Waals surface area (Å²) >= 11 is 2.99. The summed E-state index contributed by atoms with van der Waals surface area (Å²) in [6, 6.07) is 11.6. The molecular formula is C16H15N3O2S2. The zero-order chi connectivity index (χ0) is 16.2. The Balaban J connectivity index is 1.55. The van der Waals surface area contributed by atoms with Gasteiger partial charge in [0.15, 0.2) is 4.34 Å². The molecule has 118 valence electrons. The lowest BCUT2D eigenvalue weighted by Crippen LogP contribution is -2.21. The summed E-state index contributed by atoms with van der Waals surface area (Å²) in [5.74, 6) is 1.57. The van der Waals surface area contributed by atoms with Crippen LogP contribution in [0.2, 0.25) is 0 Å². The van der Waals surface area contributed by atoms with Crippen molar-refractivity contribution < 1.29 is 9.21 Å². The van der Waals surface area contributed by atoms with Crippen LogP contribution in [0.4, 0.5) is 0 Å². The van der Waals surface area contributed by atoms with Crippen LogP contribution in [-0.4, -0.2) is 22.4 Å². The third-order valence-electron chi connectivity index (χ3n) is 3.05. The van der Waals surface area contributed by atoms with Gasteiger partial charge in [0.1, 0.15) is 17.2 Å². The molecule has 0 aliphatic heterocycles. The standard InChI is InChI=1S/C16H15N3O2S2/c1-10-7-8-13(21-10)11(2)18-19-15(20)9-22-16-17-12-5-3-4-6-14(12)23-16/h3-8H,9H2,1-2H3,(H,19,20)/b18-11+. The Morgan fingerprint density at radius 3 is 2.91 bits per heavy atom. The Morgan fingerprint density at radius 1 is 1.35 bits per heavy atom. The van der Waals surface area contributed by atoms with Crippen molar-refractivity contribution in [3.05, 3.63) is 47.9 Å². The fraction of sp³-hybridized carbons (Fsp3) is 0.188. The van der Waals surface area contributed by atoms with Crippen LogP contribution in [0, 0.1) is 6.92 Å². The molecule has 0 bridgehead atoms. The number of rotatable bonds is 5. The van der Waals surface area contributed by atoms with Gasteiger partial charge in [-0.05, 0) is 38.1 Å². The number of aromatic nitrogens is 1. The van der Waals surface area contributed by atoms with E-state index >= 15 is 0 Å².